The Bertz CT molecular complexity index is 605. The van der Waals surface area contributed by atoms with Gasteiger partial charge in [0.25, 0.3) is 5.91 Å². The van der Waals surface area contributed by atoms with Gasteiger partial charge in [0, 0.05) is 51.2 Å². The minimum atomic E-state index is 0.0199. The molecule has 0 bridgehead atoms. The highest BCUT2D eigenvalue weighted by Crippen LogP contribution is 2.20. The molecule has 0 spiro atoms. The van der Waals surface area contributed by atoms with Crippen LogP contribution in [0.5, 0.6) is 0 Å². The Balaban J connectivity index is 1.55. The molecular formula is C14H18N4O3S. The van der Waals surface area contributed by atoms with Crippen LogP contribution in [0.3, 0.4) is 0 Å². The maximum absolute atomic E-state index is 12.2. The van der Waals surface area contributed by atoms with Crippen LogP contribution in [0, 0.1) is 0 Å². The molecule has 1 fully saturated rings. The Hall–Kier alpha value is -1.93. The van der Waals surface area contributed by atoms with Crippen molar-refractivity contribution in [1.29, 1.82) is 0 Å². The first-order chi connectivity index (χ1) is 10.8. The number of anilines is 1. The molecule has 0 aromatic carbocycles. The molecule has 2 aromatic heterocycles. The number of rotatable bonds is 5. The standard InChI is InChI=1S/C14H18N4O3S/c1-20-8-3-12-15-14(22-16-12)18-6-4-17(5-7-18)13(19)11-2-9-21-10-11/h2,9-10H,3-8H2,1H3. The summed E-state index contributed by atoms with van der Waals surface area (Å²) in [5, 5.41) is 0.918. The molecule has 1 aliphatic rings. The zero-order valence-electron chi connectivity index (χ0n) is 12.4. The van der Waals surface area contributed by atoms with E-state index in [0.717, 1.165) is 30.5 Å². The molecule has 1 saturated heterocycles. The van der Waals surface area contributed by atoms with Crippen molar-refractivity contribution in [2.45, 2.75) is 6.42 Å². The molecule has 2 aromatic rings. The predicted molar refractivity (Wildman–Crippen MR) is 82.3 cm³/mol. The topological polar surface area (TPSA) is 71.7 Å². The fraction of sp³-hybridized carbons (Fsp3) is 0.500. The van der Waals surface area contributed by atoms with Crippen LogP contribution < -0.4 is 4.90 Å². The highest BCUT2D eigenvalue weighted by Gasteiger charge is 2.24. The Kier molecular flexibility index (Phi) is 4.69. The number of carbonyl (C=O) groups excluding carboxylic acids is 1. The van der Waals surface area contributed by atoms with Crippen molar-refractivity contribution in [1.82, 2.24) is 14.3 Å². The highest BCUT2D eigenvalue weighted by molar-refractivity contribution is 7.09. The van der Waals surface area contributed by atoms with Crippen molar-refractivity contribution in [3.8, 4) is 0 Å². The van der Waals surface area contributed by atoms with E-state index in [1.54, 1.807) is 13.2 Å². The Morgan fingerprint density at radius 1 is 1.41 bits per heavy atom. The zero-order chi connectivity index (χ0) is 15.4. The molecule has 7 nitrogen and oxygen atoms in total. The van der Waals surface area contributed by atoms with Crippen molar-refractivity contribution in [3.05, 3.63) is 30.0 Å². The van der Waals surface area contributed by atoms with E-state index in [2.05, 4.69) is 14.3 Å². The summed E-state index contributed by atoms with van der Waals surface area (Å²) >= 11 is 1.40. The lowest BCUT2D eigenvalue weighted by atomic mass is 10.2. The van der Waals surface area contributed by atoms with Crippen molar-refractivity contribution < 1.29 is 13.9 Å². The van der Waals surface area contributed by atoms with E-state index in [4.69, 9.17) is 9.15 Å². The van der Waals surface area contributed by atoms with E-state index in [0.29, 0.717) is 25.3 Å². The molecule has 3 heterocycles. The third-order valence-corrected chi connectivity index (χ3v) is 4.41. The van der Waals surface area contributed by atoms with Gasteiger partial charge in [-0.25, -0.2) is 4.98 Å². The van der Waals surface area contributed by atoms with Crippen LogP contribution in [-0.4, -0.2) is 60.1 Å². The van der Waals surface area contributed by atoms with Crippen LogP contribution in [0.25, 0.3) is 0 Å². The first-order valence-corrected chi connectivity index (χ1v) is 7.93. The summed E-state index contributed by atoms with van der Waals surface area (Å²) < 4.78 is 14.3. The summed E-state index contributed by atoms with van der Waals surface area (Å²) in [6.45, 7) is 3.52. The number of furan rings is 1. The van der Waals surface area contributed by atoms with Gasteiger partial charge in [-0.2, -0.15) is 4.37 Å². The molecule has 0 N–H and O–H groups in total. The molecule has 0 aliphatic carbocycles. The highest BCUT2D eigenvalue weighted by atomic mass is 32.1. The Morgan fingerprint density at radius 3 is 2.91 bits per heavy atom. The lowest BCUT2D eigenvalue weighted by Gasteiger charge is -2.34. The van der Waals surface area contributed by atoms with Gasteiger partial charge in [-0.05, 0) is 6.07 Å². The minimum absolute atomic E-state index is 0.0199. The number of methoxy groups -OCH3 is 1. The summed E-state index contributed by atoms with van der Waals surface area (Å²) in [6.07, 6.45) is 3.74. The van der Waals surface area contributed by atoms with Gasteiger partial charge in [0.1, 0.15) is 12.1 Å². The van der Waals surface area contributed by atoms with Gasteiger partial charge >= 0.3 is 0 Å². The van der Waals surface area contributed by atoms with E-state index in [1.165, 1.54) is 24.1 Å². The number of hydrogen-bond donors (Lipinski definition) is 0. The van der Waals surface area contributed by atoms with Gasteiger partial charge < -0.3 is 19.0 Å². The fourth-order valence-corrected chi connectivity index (χ4v) is 3.10. The second-order valence-electron chi connectivity index (χ2n) is 5.03. The molecule has 0 radical (unpaired) electrons. The van der Waals surface area contributed by atoms with Crippen LogP contribution in [0.1, 0.15) is 16.2 Å². The summed E-state index contributed by atoms with van der Waals surface area (Å²) in [4.78, 5) is 20.8. The van der Waals surface area contributed by atoms with Gasteiger partial charge in [0.05, 0.1) is 18.4 Å². The van der Waals surface area contributed by atoms with Crippen LogP contribution in [-0.2, 0) is 11.2 Å². The quantitative estimate of drug-likeness (QED) is 0.826. The third-order valence-electron chi connectivity index (χ3n) is 3.59. The molecule has 1 aliphatic heterocycles. The van der Waals surface area contributed by atoms with E-state index < -0.39 is 0 Å². The van der Waals surface area contributed by atoms with E-state index in [1.807, 2.05) is 4.90 Å². The Labute approximate surface area is 132 Å². The molecule has 0 saturated carbocycles. The summed E-state index contributed by atoms with van der Waals surface area (Å²) in [6, 6.07) is 1.70. The number of nitrogens with zero attached hydrogens (tertiary/aromatic N) is 4. The SMILES string of the molecule is COCCc1nsc(N2CCN(C(=O)c3ccoc3)CC2)n1. The zero-order valence-corrected chi connectivity index (χ0v) is 13.2. The van der Waals surface area contributed by atoms with Gasteiger partial charge in [0.2, 0.25) is 5.13 Å². The summed E-state index contributed by atoms with van der Waals surface area (Å²) in [5.41, 5.74) is 0.603. The van der Waals surface area contributed by atoms with Crippen molar-refractivity contribution in [2.24, 2.45) is 0 Å². The van der Waals surface area contributed by atoms with Crippen molar-refractivity contribution >= 4 is 22.6 Å². The summed E-state index contributed by atoms with van der Waals surface area (Å²) in [7, 11) is 1.67. The fourth-order valence-electron chi connectivity index (χ4n) is 2.34. The predicted octanol–water partition coefficient (Wildman–Crippen LogP) is 1.28. The second kappa shape index (κ2) is 6.89. The number of amides is 1. The van der Waals surface area contributed by atoms with Gasteiger partial charge in [-0.1, -0.05) is 0 Å². The average Bonchev–Trinajstić information content (AvgIpc) is 3.24. The lowest BCUT2D eigenvalue weighted by molar-refractivity contribution is 0.0746. The monoisotopic (exact) mass is 322 g/mol. The van der Waals surface area contributed by atoms with Crippen LogP contribution in [0.15, 0.2) is 23.0 Å². The van der Waals surface area contributed by atoms with Gasteiger partial charge in [0.15, 0.2) is 0 Å². The average molecular weight is 322 g/mol. The second-order valence-corrected chi connectivity index (χ2v) is 5.76. The lowest BCUT2D eigenvalue weighted by Crippen LogP contribution is -2.48. The maximum Gasteiger partial charge on any atom is 0.257 e. The number of carbonyl (C=O) groups is 1. The largest absolute Gasteiger partial charge is 0.472 e. The van der Waals surface area contributed by atoms with Gasteiger partial charge in [-0.15, -0.1) is 0 Å². The first-order valence-electron chi connectivity index (χ1n) is 7.16. The van der Waals surface area contributed by atoms with Crippen LogP contribution in [0.2, 0.25) is 0 Å². The van der Waals surface area contributed by atoms with E-state index in [9.17, 15) is 4.79 Å². The van der Waals surface area contributed by atoms with Crippen LogP contribution in [0.4, 0.5) is 5.13 Å². The molecule has 0 atom stereocenters. The van der Waals surface area contributed by atoms with Crippen molar-refractivity contribution in [3.63, 3.8) is 0 Å². The maximum atomic E-state index is 12.2. The minimum Gasteiger partial charge on any atom is -0.472 e. The Morgan fingerprint density at radius 2 is 2.23 bits per heavy atom. The normalized spacial score (nSPS) is 15.3. The van der Waals surface area contributed by atoms with Crippen LogP contribution >= 0.6 is 11.5 Å². The van der Waals surface area contributed by atoms with Crippen molar-refractivity contribution in [2.75, 3.05) is 44.8 Å². The number of piperazine rings is 1. The molecule has 1 amide bonds. The van der Waals surface area contributed by atoms with E-state index in [-0.39, 0.29) is 5.91 Å². The smallest absolute Gasteiger partial charge is 0.257 e. The number of hydrogen-bond acceptors (Lipinski definition) is 7. The molecule has 22 heavy (non-hydrogen) atoms. The molecule has 0 unspecified atom stereocenters. The number of ether oxygens (including phenoxy) is 1. The van der Waals surface area contributed by atoms with E-state index >= 15 is 0 Å². The third kappa shape index (κ3) is 3.28. The molecule has 8 heteroatoms. The molecule has 118 valence electrons. The number of aromatic nitrogens is 2. The van der Waals surface area contributed by atoms with Gasteiger partial charge in [-0.3, -0.25) is 4.79 Å². The molecule has 3 rings (SSSR count). The first kappa shape index (κ1) is 15.0. The summed E-state index contributed by atoms with van der Waals surface area (Å²) in [5.74, 6) is 0.838. The molecular weight excluding hydrogens is 304 g/mol.